The Morgan fingerprint density at radius 3 is 2.52 bits per heavy atom. The summed E-state index contributed by atoms with van der Waals surface area (Å²) in [4.78, 5) is 12.5. The van der Waals surface area contributed by atoms with E-state index in [-0.39, 0.29) is 5.57 Å². The zero-order valence-electron chi connectivity index (χ0n) is 14.9. The Morgan fingerprint density at radius 2 is 1.81 bits per heavy atom. The molecule has 0 bridgehead atoms. The van der Waals surface area contributed by atoms with Crippen molar-refractivity contribution >= 4 is 17.7 Å². The number of ether oxygens (including phenoxy) is 4. The molecule has 0 saturated carbocycles. The number of hydrogen-bond donors (Lipinski definition) is 1. The largest absolute Gasteiger partial charge is 0.493 e. The van der Waals surface area contributed by atoms with E-state index in [0.29, 0.717) is 47.5 Å². The molecule has 0 unspecified atom stereocenters. The molecule has 7 heteroatoms. The van der Waals surface area contributed by atoms with Crippen LogP contribution in [0.15, 0.2) is 42.0 Å². The van der Waals surface area contributed by atoms with Gasteiger partial charge in [-0.25, -0.2) is 0 Å². The van der Waals surface area contributed by atoms with Gasteiger partial charge in [-0.15, -0.1) is 0 Å². The molecular weight excluding hydrogens is 348 g/mol. The minimum absolute atomic E-state index is 0.0443. The van der Waals surface area contributed by atoms with Crippen LogP contribution in [0.1, 0.15) is 5.56 Å². The van der Waals surface area contributed by atoms with Crippen LogP contribution in [0.4, 0.5) is 5.69 Å². The third-order valence-electron chi connectivity index (χ3n) is 3.88. The van der Waals surface area contributed by atoms with Gasteiger partial charge in [-0.2, -0.15) is 5.26 Å². The first-order valence-electron chi connectivity index (χ1n) is 8.19. The number of rotatable bonds is 5. The lowest BCUT2D eigenvalue weighted by Crippen LogP contribution is -2.17. The van der Waals surface area contributed by atoms with Crippen LogP contribution >= 0.6 is 0 Å². The molecular formula is C20H18N2O5. The Bertz CT molecular complexity index is 930. The van der Waals surface area contributed by atoms with Gasteiger partial charge in [0.25, 0.3) is 5.91 Å². The number of nitriles is 1. The predicted molar refractivity (Wildman–Crippen MR) is 99.2 cm³/mol. The van der Waals surface area contributed by atoms with E-state index in [1.54, 1.807) is 36.4 Å². The maximum atomic E-state index is 12.5. The Labute approximate surface area is 156 Å². The standard InChI is InChI=1S/C20H18N2O5/c1-24-16-5-3-13(10-18(16)25-2)9-14(12-21)20(23)22-15-4-6-17-19(11-15)27-8-7-26-17/h3-6,9-11H,7-8H2,1-2H3,(H,22,23). The fourth-order valence-electron chi connectivity index (χ4n) is 2.58. The molecule has 2 aromatic rings. The molecule has 0 radical (unpaired) electrons. The van der Waals surface area contributed by atoms with Crippen molar-refractivity contribution in [1.29, 1.82) is 5.26 Å². The van der Waals surface area contributed by atoms with E-state index in [9.17, 15) is 10.1 Å². The maximum absolute atomic E-state index is 12.5. The fourth-order valence-corrected chi connectivity index (χ4v) is 2.58. The molecule has 0 saturated heterocycles. The van der Waals surface area contributed by atoms with E-state index in [1.165, 1.54) is 20.3 Å². The highest BCUT2D eigenvalue weighted by molar-refractivity contribution is 6.09. The summed E-state index contributed by atoms with van der Waals surface area (Å²) < 4.78 is 21.4. The molecule has 7 nitrogen and oxygen atoms in total. The summed E-state index contributed by atoms with van der Waals surface area (Å²) >= 11 is 0. The smallest absolute Gasteiger partial charge is 0.266 e. The SMILES string of the molecule is COc1ccc(C=C(C#N)C(=O)Nc2ccc3c(c2)OCCO3)cc1OC. The van der Waals surface area contributed by atoms with E-state index in [2.05, 4.69) is 5.32 Å². The number of nitrogens with one attached hydrogen (secondary N) is 1. The molecule has 2 aromatic carbocycles. The van der Waals surface area contributed by atoms with Gasteiger partial charge in [-0.05, 0) is 35.9 Å². The summed E-state index contributed by atoms with van der Waals surface area (Å²) in [6.45, 7) is 0.943. The first-order valence-corrected chi connectivity index (χ1v) is 8.19. The molecule has 0 aliphatic carbocycles. The zero-order chi connectivity index (χ0) is 19.2. The highest BCUT2D eigenvalue weighted by atomic mass is 16.6. The van der Waals surface area contributed by atoms with Crippen molar-refractivity contribution in [3.05, 3.63) is 47.5 Å². The van der Waals surface area contributed by atoms with Gasteiger partial charge in [0, 0.05) is 11.8 Å². The highest BCUT2D eigenvalue weighted by Gasteiger charge is 2.15. The molecule has 27 heavy (non-hydrogen) atoms. The van der Waals surface area contributed by atoms with Crippen molar-refractivity contribution < 1.29 is 23.7 Å². The van der Waals surface area contributed by atoms with Gasteiger partial charge < -0.3 is 24.3 Å². The molecule has 0 aromatic heterocycles. The molecule has 0 atom stereocenters. The van der Waals surface area contributed by atoms with Gasteiger partial charge in [0.05, 0.1) is 14.2 Å². The van der Waals surface area contributed by atoms with Gasteiger partial charge in [-0.3, -0.25) is 4.79 Å². The summed E-state index contributed by atoms with van der Waals surface area (Å²) in [5.74, 6) is 1.73. The van der Waals surface area contributed by atoms with Crippen LogP contribution in [-0.4, -0.2) is 33.3 Å². The van der Waals surface area contributed by atoms with E-state index in [4.69, 9.17) is 18.9 Å². The van der Waals surface area contributed by atoms with Crippen molar-refractivity contribution in [3.63, 3.8) is 0 Å². The molecule has 138 valence electrons. The first kappa shape index (κ1) is 18.1. The van der Waals surface area contributed by atoms with Crippen LogP contribution in [0.2, 0.25) is 0 Å². The van der Waals surface area contributed by atoms with Crippen molar-refractivity contribution in [2.24, 2.45) is 0 Å². The number of anilines is 1. The first-order chi connectivity index (χ1) is 13.1. The number of nitrogens with zero attached hydrogens (tertiary/aromatic N) is 1. The predicted octanol–water partition coefficient (Wildman–Crippen LogP) is 3.02. The average molecular weight is 366 g/mol. The van der Waals surface area contributed by atoms with Crippen LogP contribution in [0, 0.1) is 11.3 Å². The van der Waals surface area contributed by atoms with Crippen molar-refractivity contribution in [2.45, 2.75) is 0 Å². The molecule has 0 fully saturated rings. The van der Waals surface area contributed by atoms with Crippen molar-refractivity contribution in [1.82, 2.24) is 0 Å². The monoisotopic (exact) mass is 366 g/mol. The van der Waals surface area contributed by atoms with Crippen LogP contribution in [0.5, 0.6) is 23.0 Å². The number of benzene rings is 2. The quantitative estimate of drug-likeness (QED) is 0.646. The van der Waals surface area contributed by atoms with Crippen LogP contribution < -0.4 is 24.3 Å². The summed E-state index contributed by atoms with van der Waals surface area (Å²) in [5.41, 5.74) is 1.11. The normalized spacial score (nSPS) is 12.7. The second kappa shape index (κ2) is 8.15. The van der Waals surface area contributed by atoms with Gasteiger partial charge in [0.1, 0.15) is 24.9 Å². The summed E-state index contributed by atoms with van der Waals surface area (Å²) in [6.07, 6.45) is 1.48. The van der Waals surface area contributed by atoms with E-state index in [1.807, 2.05) is 6.07 Å². The third-order valence-corrected chi connectivity index (χ3v) is 3.88. The summed E-state index contributed by atoms with van der Waals surface area (Å²) in [7, 11) is 3.06. The van der Waals surface area contributed by atoms with E-state index < -0.39 is 5.91 Å². The van der Waals surface area contributed by atoms with Gasteiger partial charge in [-0.1, -0.05) is 6.07 Å². The van der Waals surface area contributed by atoms with Gasteiger partial charge in [0.2, 0.25) is 0 Å². The molecule has 1 N–H and O–H groups in total. The van der Waals surface area contributed by atoms with Crippen LogP contribution in [0.3, 0.4) is 0 Å². The maximum Gasteiger partial charge on any atom is 0.266 e. The minimum Gasteiger partial charge on any atom is -0.493 e. The Hall–Kier alpha value is -3.66. The van der Waals surface area contributed by atoms with Gasteiger partial charge >= 0.3 is 0 Å². The highest BCUT2D eigenvalue weighted by Crippen LogP contribution is 2.33. The lowest BCUT2D eigenvalue weighted by molar-refractivity contribution is -0.112. The molecule has 0 spiro atoms. The minimum atomic E-state index is -0.524. The molecule has 1 aliphatic heterocycles. The van der Waals surface area contributed by atoms with E-state index in [0.717, 1.165) is 0 Å². The van der Waals surface area contributed by atoms with Crippen LogP contribution in [0.25, 0.3) is 6.08 Å². The molecule has 1 heterocycles. The molecule has 3 rings (SSSR count). The Morgan fingerprint density at radius 1 is 1.07 bits per heavy atom. The number of amides is 1. The van der Waals surface area contributed by atoms with Crippen LogP contribution in [-0.2, 0) is 4.79 Å². The lowest BCUT2D eigenvalue weighted by atomic mass is 10.1. The number of hydrogen-bond acceptors (Lipinski definition) is 6. The average Bonchev–Trinajstić information content (AvgIpc) is 2.71. The molecule has 1 amide bonds. The zero-order valence-corrected chi connectivity index (χ0v) is 14.9. The molecule has 1 aliphatic rings. The van der Waals surface area contributed by atoms with E-state index >= 15 is 0 Å². The summed E-state index contributed by atoms with van der Waals surface area (Å²) in [6, 6.07) is 12.1. The Balaban J connectivity index is 1.80. The second-order valence-electron chi connectivity index (χ2n) is 5.60. The lowest BCUT2D eigenvalue weighted by Gasteiger charge is -2.18. The summed E-state index contributed by atoms with van der Waals surface area (Å²) in [5, 5.41) is 12.1. The number of methoxy groups -OCH3 is 2. The van der Waals surface area contributed by atoms with Crippen molar-refractivity contribution in [2.75, 3.05) is 32.8 Å². The number of carbonyl (C=O) groups is 1. The second-order valence-corrected chi connectivity index (χ2v) is 5.60. The fraction of sp³-hybridized carbons (Fsp3) is 0.200. The topological polar surface area (TPSA) is 89.8 Å². The van der Waals surface area contributed by atoms with Crippen molar-refractivity contribution in [3.8, 4) is 29.1 Å². The van der Waals surface area contributed by atoms with Gasteiger partial charge in [0.15, 0.2) is 23.0 Å². The number of carbonyl (C=O) groups excluding carboxylic acids is 1. The Kier molecular flexibility index (Phi) is 5.47. The number of fused-ring (bicyclic) bond motifs is 1. The third kappa shape index (κ3) is 4.12.